The van der Waals surface area contributed by atoms with Gasteiger partial charge in [0.25, 0.3) is 5.91 Å². The predicted molar refractivity (Wildman–Crippen MR) is 63.5 cm³/mol. The predicted octanol–water partition coefficient (Wildman–Crippen LogP) is 0.252. The van der Waals surface area contributed by atoms with E-state index in [4.69, 9.17) is 15.2 Å². The highest BCUT2D eigenvalue weighted by Gasteiger charge is 2.43. The van der Waals surface area contributed by atoms with Crippen LogP contribution in [-0.2, 0) is 0 Å². The maximum absolute atomic E-state index is 12.1. The minimum atomic E-state index is -0.458. The molecule has 0 atom stereocenters. The number of nitrogens with one attached hydrogen (secondary N) is 1. The number of nitrogen functional groups attached to an aromatic ring is 1. The van der Waals surface area contributed by atoms with Crippen molar-refractivity contribution in [1.82, 2.24) is 5.32 Å². The van der Waals surface area contributed by atoms with E-state index < -0.39 is 5.54 Å². The molecule has 6 heteroatoms. The van der Waals surface area contributed by atoms with Crippen molar-refractivity contribution < 1.29 is 19.4 Å². The molecular formula is C12H14N2O4. The second kappa shape index (κ2) is 3.78. The van der Waals surface area contributed by atoms with Crippen molar-refractivity contribution in [2.45, 2.75) is 18.4 Å². The van der Waals surface area contributed by atoms with Gasteiger partial charge >= 0.3 is 0 Å². The number of benzene rings is 1. The Labute approximate surface area is 104 Å². The second-order valence-electron chi connectivity index (χ2n) is 4.69. The molecule has 2 aliphatic rings. The molecule has 0 radical (unpaired) electrons. The van der Waals surface area contributed by atoms with Crippen molar-refractivity contribution in [1.29, 1.82) is 0 Å². The van der Waals surface area contributed by atoms with Crippen LogP contribution >= 0.6 is 0 Å². The Morgan fingerprint density at radius 3 is 2.67 bits per heavy atom. The van der Waals surface area contributed by atoms with E-state index in [9.17, 15) is 9.90 Å². The van der Waals surface area contributed by atoms with E-state index in [1.54, 1.807) is 12.1 Å². The number of fused-ring (bicyclic) bond motifs is 1. The zero-order valence-electron chi connectivity index (χ0n) is 9.73. The van der Waals surface area contributed by atoms with Gasteiger partial charge in [-0.05, 0) is 18.9 Å². The van der Waals surface area contributed by atoms with Crippen LogP contribution in [0.5, 0.6) is 11.5 Å². The molecular weight excluding hydrogens is 236 g/mol. The minimum absolute atomic E-state index is 0.0524. The highest BCUT2D eigenvalue weighted by Crippen LogP contribution is 2.38. The van der Waals surface area contributed by atoms with E-state index in [0.717, 1.165) is 12.8 Å². The molecule has 0 bridgehead atoms. The molecule has 3 rings (SSSR count). The Morgan fingerprint density at radius 1 is 1.39 bits per heavy atom. The molecule has 1 heterocycles. The topological polar surface area (TPSA) is 93.8 Å². The molecule has 0 spiro atoms. The van der Waals surface area contributed by atoms with Gasteiger partial charge in [0.2, 0.25) is 6.79 Å². The number of aliphatic hydroxyl groups is 1. The molecule has 1 aromatic rings. The van der Waals surface area contributed by atoms with Crippen LogP contribution in [0.2, 0.25) is 0 Å². The number of hydrogen-bond donors (Lipinski definition) is 3. The number of nitrogens with two attached hydrogens (primary N) is 1. The first-order valence-electron chi connectivity index (χ1n) is 5.76. The second-order valence-corrected chi connectivity index (χ2v) is 4.69. The van der Waals surface area contributed by atoms with E-state index in [1.165, 1.54) is 0 Å². The van der Waals surface area contributed by atoms with E-state index in [2.05, 4.69) is 5.32 Å². The van der Waals surface area contributed by atoms with E-state index in [0.29, 0.717) is 22.7 Å². The van der Waals surface area contributed by atoms with Crippen molar-refractivity contribution in [3.8, 4) is 11.5 Å². The molecule has 4 N–H and O–H groups in total. The number of aliphatic hydroxyl groups excluding tert-OH is 1. The molecule has 96 valence electrons. The lowest BCUT2D eigenvalue weighted by Gasteiger charge is -2.15. The highest BCUT2D eigenvalue weighted by atomic mass is 16.7. The molecule has 1 aliphatic heterocycles. The molecule has 6 nitrogen and oxygen atoms in total. The van der Waals surface area contributed by atoms with Crippen LogP contribution in [0.1, 0.15) is 23.2 Å². The van der Waals surface area contributed by atoms with Crippen molar-refractivity contribution in [2.24, 2.45) is 0 Å². The van der Waals surface area contributed by atoms with Crippen LogP contribution in [-0.4, -0.2) is 30.0 Å². The van der Waals surface area contributed by atoms with Gasteiger partial charge in [0.05, 0.1) is 17.7 Å². The summed E-state index contributed by atoms with van der Waals surface area (Å²) >= 11 is 0. The van der Waals surface area contributed by atoms with Crippen molar-refractivity contribution >= 4 is 11.6 Å². The molecule has 1 amide bonds. The molecule has 1 aromatic carbocycles. The van der Waals surface area contributed by atoms with Crippen LogP contribution in [0, 0.1) is 0 Å². The van der Waals surface area contributed by atoms with Crippen LogP contribution in [0.4, 0.5) is 5.69 Å². The summed E-state index contributed by atoms with van der Waals surface area (Å²) in [5.74, 6) is 0.771. The fourth-order valence-corrected chi connectivity index (χ4v) is 1.94. The van der Waals surface area contributed by atoms with Crippen LogP contribution in [0.25, 0.3) is 0 Å². The summed E-state index contributed by atoms with van der Waals surface area (Å²) in [6.07, 6.45) is 1.58. The molecule has 1 aliphatic carbocycles. The maximum atomic E-state index is 12.1. The zero-order chi connectivity index (χ0) is 12.8. The first-order valence-corrected chi connectivity index (χ1v) is 5.76. The number of hydrogen-bond acceptors (Lipinski definition) is 5. The van der Waals surface area contributed by atoms with E-state index in [-0.39, 0.29) is 19.3 Å². The van der Waals surface area contributed by atoms with Crippen molar-refractivity contribution in [2.75, 3.05) is 19.1 Å². The van der Waals surface area contributed by atoms with Crippen LogP contribution in [0.15, 0.2) is 12.1 Å². The fraction of sp³-hybridized carbons (Fsp3) is 0.417. The number of carbonyl (C=O) groups excluding carboxylic acids is 1. The number of amides is 1. The lowest BCUT2D eigenvalue weighted by molar-refractivity contribution is 0.0907. The van der Waals surface area contributed by atoms with E-state index in [1.807, 2.05) is 0 Å². The molecule has 1 saturated carbocycles. The standard InChI is InChI=1S/C12H14N2O4/c13-8-4-10-9(17-6-18-10)3-7(8)11(16)14-12(5-15)1-2-12/h3-4,15H,1-2,5-6,13H2,(H,14,16). The van der Waals surface area contributed by atoms with Gasteiger partial charge in [-0.1, -0.05) is 0 Å². The van der Waals surface area contributed by atoms with Gasteiger partial charge in [0, 0.05) is 11.8 Å². The maximum Gasteiger partial charge on any atom is 0.254 e. The number of carbonyl (C=O) groups is 1. The smallest absolute Gasteiger partial charge is 0.254 e. The van der Waals surface area contributed by atoms with Crippen LogP contribution < -0.4 is 20.5 Å². The van der Waals surface area contributed by atoms with Crippen LogP contribution in [0.3, 0.4) is 0 Å². The molecule has 0 unspecified atom stereocenters. The molecule has 1 fully saturated rings. The van der Waals surface area contributed by atoms with E-state index >= 15 is 0 Å². The summed E-state index contributed by atoms with van der Waals surface area (Å²) in [6.45, 7) is 0.0869. The summed E-state index contributed by atoms with van der Waals surface area (Å²) in [5.41, 5.74) is 6.04. The quantitative estimate of drug-likeness (QED) is 0.669. The third-order valence-corrected chi connectivity index (χ3v) is 3.32. The normalized spacial score (nSPS) is 18.5. The van der Waals surface area contributed by atoms with Gasteiger partial charge in [0.15, 0.2) is 11.5 Å². The zero-order valence-corrected chi connectivity index (χ0v) is 9.73. The Bertz CT molecular complexity index is 511. The van der Waals surface area contributed by atoms with Crippen molar-refractivity contribution in [3.05, 3.63) is 17.7 Å². The van der Waals surface area contributed by atoms with Crippen molar-refractivity contribution in [3.63, 3.8) is 0 Å². The lowest BCUT2D eigenvalue weighted by Crippen LogP contribution is -2.39. The number of ether oxygens (including phenoxy) is 2. The first-order chi connectivity index (χ1) is 8.63. The molecule has 18 heavy (non-hydrogen) atoms. The Kier molecular flexibility index (Phi) is 2.34. The lowest BCUT2D eigenvalue weighted by atomic mass is 10.1. The van der Waals surface area contributed by atoms with Gasteiger partial charge in [-0.25, -0.2) is 0 Å². The summed E-state index contributed by atoms with van der Waals surface area (Å²) in [4.78, 5) is 12.1. The minimum Gasteiger partial charge on any atom is -0.454 e. The Morgan fingerprint density at radius 2 is 2.06 bits per heavy atom. The molecule has 0 aromatic heterocycles. The fourth-order valence-electron chi connectivity index (χ4n) is 1.94. The number of anilines is 1. The highest BCUT2D eigenvalue weighted by molar-refractivity contribution is 6.00. The average Bonchev–Trinajstić information content (AvgIpc) is 2.98. The summed E-state index contributed by atoms with van der Waals surface area (Å²) < 4.78 is 10.4. The van der Waals surface area contributed by atoms with Gasteiger partial charge in [-0.15, -0.1) is 0 Å². The average molecular weight is 250 g/mol. The summed E-state index contributed by atoms with van der Waals surface area (Å²) in [5, 5.41) is 12.0. The monoisotopic (exact) mass is 250 g/mol. The Balaban J connectivity index is 1.85. The van der Waals surface area contributed by atoms with Gasteiger partial charge in [0.1, 0.15) is 0 Å². The summed E-state index contributed by atoms with van der Waals surface area (Å²) in [7, 11) is 0. The largest absolute Gasteiger partial charge is 0.454 e. The van der Waals surface area contributed by atoms with Gasteiger partial charge < -0.3 is 25.6 Å². The Hall–Kier alpha value is -1.95. The van der Waals surface area contributed by atoms with Gasteiger partial charge in [-0.3, -0.25) is 4.79 Å². The molecule has 0 saturated heterocycles. The third-order valence-electron chi connectivity index (χ3n) is 3.32. The third kappa shape index (κ3) is 1.74. The van der Waals surface area contributed by atoms with Gasteiger partial charge in [-0.2, -0.15) is 0 Å². The SMILES string of the molecule is Nc1cc2c(cc1C(=O)NC1(CO)CC1)OCO2. The number of rotatable bonds is 3. The summed E-state index contributed by atoms with van der Waals surface area (Å²) in [6, 6.07) is 3.15. The first kappa shape index (κ1) is 11.2.